The first-order valence-corrected chi connectivity index (χ1v) is 8.32. The minimum Gasteiger partial charge on any atom is -0.372 e. The summed E-state index contributed by atoms with van der Waals surface area (Å²) in [6, 6.07) is 8.14. The van der Waals surface area contributed by atoms with Gasteiger partial charge in [-0.25, -0.2) is 0 Å². The fraction of sp³-hybridized carbons (Fsp3) is 0.632. The third-order valence-electron chi connectivity index (χ3n) is 3.83. The molecule has 0 saturated heterocycles. The van der Waals surface area contributed by atoms with E-state index < -0.39 is 0 Å². The number of ketones is 1. The summed E-state index contributed by atoms with van der Waals surface area (Å²) in [6.07, 6.45) is 2.98. The highest BCUT2D eigenvalue weighted by Gasteiger charge is 2.10. The Morgan fingerprint density at radius 2 is 1.43 bits per heavy atom. The van der Waals surface area contributed by atoms with Crippen molar-refractivity contribution >= 4 is 11.5 Å². The van der Waals surface area contributed by atoms with Crippen molar-refractivity contribution in [3.05, 3.63) is 29.8 Å². The number of hydrogen-bond donors (Lipinski definition) is 0. The van der Waals surface area contributed by atoms with Crippen LogP contribution in [0.1, 0.15) is 64.2 Å². The van der Waals surface area contributed by atoms with Crippen LogP contribution in [0.2, 0.25) is 0 Å². The van der Waals surface area contributed by atoms with E-state index in [9.17, 15) is 4.79 Å². The molecule has 0 saturated carbocycles. The molecule has 0 heterocycles. The van der Waals surface area contributed by atoms with Crippen LogP contribution in [-0.4, -0.2) is 18.9 Å². The summed E-state index contributed by atoms with van der Waals surface area (Å²) >= 11 is 0. The van der Waals surface area contributed by atoms with Crippen molar-refractivity contribution in [1.82, 2.24) is 0 Å². The highest BCUT2D eigenvalue weighted by atomic mass is 16.1. The molecule has 0 aromatic heterocycles. The first kappa shape index (κ1) is 17.7. The molecule has 0 N–H and O–H groups in total. The predicted octanol–water partition coefficient (Wildman–Crippen LogP) is 5.18. The molecule has 0 amide bonds. The molecule has 2 heteroatoms. The van der Waals surface area contributed by atoms with Crippen molar-refractivity contribution in [1.29, 1.82) is 0 Å². The normalized spacial score (nSPS) is 11.2. The smallest absolute Gasteiger partial charge is 0.162 e. The van der Waals surface area contributed by atoms with Crippen molar-refractivity contribution < 1.29 is 4.79 Å². The summed E-state index contributed by atoms with van der Waals surface area (Å²) in [5, 5.41) is 0. The zero-order chi connectivity index (χ0) is 15.8. The maximum atomic E-state index is 11.7. The van der Waals surface area contributed by atoms with E-state index >= 15 is 0 Å². The summed E-state index contributed by atoms with van der Waals surface area (Å²) in [6.45, 7) is 13.2. The molecule has 0 aliphatic carbocycles. The van der Waals surface area contributed by atoms with Gasteiger partial charge in [0.1, 0.15) is 0 Å². The molecule has 118 valence electrons. The van der Waals surface area contributed by atoms with Crippen molar-refractivity contribution in [2.24, 2.45) is 11.8 Å². The van der Waals surface area contributed by atoms with Gasteiger partial charge in [0.2, 0.25) is 0 Å². The summed E-state index contributed by atoms with van der Waals surface area (Å²) in [7, 11) is 0. The first-order chi connectivity index (χ1) is 9.93. The molecule has 1 aromatic rings. The lowest BCUT2D eigenvalue weighted by atomic mass is 10.1. The third kappa shape index (κ3) is 6.33. The zero-order valence-electron chi connectivity index (χ0n) is 14.4. The Labute approximate surface area is 130 Å². The molecule has 0 aliphatic rings. The van der Waals surface area contributed by atoms with Crippen LogP contribution < -0.4 is 4.90 Å². The van der Waals surface area contributed by atoms with Gasteiger partial charge in [-0.05, 0) is 48.9 Å². The monoisotopic (exact) mass is 289 g/mol. The Bertz CT molecular complexity index is 408. The van der Waals surface area contributed by atoms with Gasteiger partial charge >= 0.3 is 0 Å². The lowest BCUT2D eigenvalue weighted by Gasteiger charge is -2.26. The topological polar surface area (TPSA) is 20.3 Å². The minimum atomic E-state index is 0.220. The summed E-state index contributed by atoms with van der Waals surface area (Å²) in [5.74, 6) is 1.65. The van der Waals surface area contributed by atoms with Gasteiger partial charge in [0.15, 0.2) is 5.78 Å². The van der Waals surface area contributed by atoms with Crippen LogP contribution in [0.3, 0.4) is 0 Å². The number of carbonyl (C=O) groups excluding carboxylic acids is 1. The van der Waals surface area contributed by atoms with E-state index in [2.05, 4.69) is 44.7 Å². The molecule has 0 fully saturated rings. The lowest BCUT2D eigenvalue weighted by molar-refractivity contribution is 0.0988. The second-order valence-electron chi connectivity index (χ2n) is 6.68. The van der Waals surface area contributed by atoms with Crippen LogP contribution in [0.15, 0.2) is 24.3 Å². The van der Waals surface area contributed by atoms with Crippen LogP contribution in [0.25, 0.3) is 0 Å². The largest absolute Gasteiger partial charge is 0.372 e. The number of Topliss-reactive ketones (excluding diaryl/α,β-unsaturated/α-hetero) is 1. The fourth-order valence-electron chi connectivity index (χ4n) is 2.26. The molecule has 0 unspecified atom stereocenters. The molecule has 21 heavy (non-hydrogen) atoms. The second kappa shape index (κ2) is 8.86. The van der Waals surface area contributed by atoms with Crippen LogP contribution in [0.5, 0.6) is 0 Å². The Hall–Kier alpha value is -1.31. The molecule has 0 bridgehead atoms. The van der Waals surface area contributed by atoms with E-state index in [-0.39, 0.29) is 5.78 Å². The number of anilines is 1. The van der Waals surface area contributed by atoms with E-state index in [0.717, 1.165) is 18.7 Å². The predicted molar refractivity (Wildman–Crippen MR) is 92.2 cm³/mol. The van der Waals surface area contributed by atoms with Gasteiger partial charge in [0, 0.05) is 30.8 Å². The minimum absolute atomic E-state index is 0.220. The summed E-state index contributed by atoms with van der Waals surface area (Å²) in [4.78, 5) is 14.2. The molecule has 0 spiro atoms. The van der Waals surface area contributed by atoms with Gasteiger partial charge < -0.3 is 4.90 Å². The lowest BCUT2D eigenvalue weighted by Crippen LogP contribution is -2.27. The van der Waals surface area contributed by atoms with Gasteiger partial charge in [-0.15, -0.1) is 0 Å². The van der Waals surface area contributed by atoms with Gasteiger partial charge in [-0.3, -0.25) is 4.79 Å². The summed E-state index contributed by atoms with van der Waals surface area (Å²) < 4.78 is 0. The number of hydrogen-bond acceptors (Lipinski definition) is 2. The van der Waals surface area contributed by atoms with Crippen LogP contribution in [0.4, 0.5) is 5.69 Å². The van der Waals surface area contributed by atoms with Crippen LogP contribution in [0, 0.1) is 11.8 Å². The fourth-order valence-corrected chi connectivity index (χ4v) is 2.26. The van der Waals surface area contributed by atoms with Crippen LogP contribution in [-0.2, 0) is 0 Å². The SMILES string of the molecule is CCC(=O)c1ccc(N(CCC(C)C)CCC(C)C)cc1. The Morgan fingerprint density at radius 3 is 1.81 bits per heavy atom. The summed E-state index contributed by atoms with van der Waals surface area (Å²) in [5.41, 5.74) is 2.07. The van der Waals surface area contributed by atoms with E-state index in [1.165, 1.54) is 18.5 Å². The van der Waals surface area contributed by atoms with Crippen molar-refractivity contribution in [3.8, 4) is 0 Å². The maximum Gasteiger partial charge on any atom is 0.162 e. The van der Waals surface area contributed by atoms with Gasteiger partial charge in [0.05, 0.1) is 0 Å². The van der Waals surface area contributed by atoms with Crippen molar-refractivity contribution in [2.75, 3.05) is 18.0 Å². The quantitative estimate of drug-likeness (QED) is 0.584. The Kier molecular flexibility index (Phi) is 7.49. The molecule has 1 rings (SSSR count). The number of nitrogens with zero attached hydrogens (tertiary/aromatic N) is 1. The van der Waals surface area contributed by atoms with Gasteiger partial charge in [0.25, 0.3) is 0 Å². The second-order valence-corrected chi connectivity index (χ2v) is 6.68. The average molecular weight is 289 g/mol. The Morgan fingerprint density at radius 1 is 0.952 bits per heavy atom. The first-order valence-electron chi connectivity index (χ1n) is 8.32. The molecular weight excluding hydrogens is 258 g/mol. The van der Waals surface area contributed by atoms with E-state index in [4.69, 9.17) is 0 Å². The molecule has 0 aliphatic heterocycles. The van der Waals surface area contributed by atoms with Gasteiger partial charge in [-0.1, -0.05) is 34.6 Å². The molecule has 0 radical (unpaired) electrons. The number of carbonyl (C=O) groups is 1. The Balaban J connectivity index is 2.78. The molecule has 2 nitrogen and oxygen atoms in total. The average Bonchev–Trinajstić information content (AvgIpc) is 2.46. The number of benzene rings is 1. The van der Waals surface area contributed by atoms with E-state index in [1.807, 2.05) is 19.1 Å². The zero-order valence-corrected chi connectivity index (χ0v) is 14.4. The van der Waals surface area contributed by atoms with Crippen LogP contribution >= 0.6 is 0 Å². The highest BCUT2D eigenvalue weighted by molar-refractivity contribution is 5.96. The third-order valence-corrected chi connectivity index (χ3v) is 3.83. The van der Waals surface area contributed by atoms with Gasteiger partial charge in [-0.2, -0.15) is 0 Å². The van der Waals surface area contributed by atoms with E-state index in [0.29, 0.717) is 18.3 Å². The van der Waals surface area contributed by atoms with Crippen molar-refractivity contribution in [3.63, 3.8) is 0 Å². The molecule has 0 atom stereocenters. The molecular formula is C19H31NO. The van der Waals surface area contributed by atoms with E-state index in [1.54, 1.807) is 0 Å². The van der Waals surface area contributed by atoms with Crippen molar-refractivity contribution in [2.45, 2.75) is 53.9 Å². The maximum absolute atomic E-state index is 11.7. The molecule has 1 aromatic carbocycles. The highest BCUT2D eigenvalue weighted by Crippen LogP contribution is 2.19. The number of rotatable bonds is 9. The standard InChI is InChI=1S/C19H31NO/c1-6-19(21)17-7-9-18(10-8-17)20(13-11-15(2)3)14-12-16(4)5/h7-10,15-16H,6,11-14H2,1-5H3.